The van der Waals surface area contributed by atoms with Crippen LogP contribution in [-0.2, 0) is 0 Å². The third-order valence-corrected chi connectivity index (χ3v) is 5.59. The molecule has 0 radical (unpaired) electrons. The van der Waals surface area contributed by atoms with Crippen molar-refractivity contribution in [2.24, 2.45) is 0 Å². The first kappa shape index (κ1) is 15.1. The van der Waals surface area contributed by atoms with Gasteiger partial charge in [-0.3, -0.25) is 0 Å². The van der Waals surface area contributed by atoms with Gasteiger partial charge in [-0.05, 0) is 60.7 Å². The highest BCUT2D eigenvalue weighted by molar-refractivity contribution is 9.10. The average Bonchev–Trinajstić information content (AvgIpc) is 2.36. The average molecular weight is 403 g/mol. The van der Waals surface area contributed by atoms with Crippen LogP contribution >= 0.6 is 43.5 Å². The maximum Gasteiger partial charge on any atom is 0.0841 e. The van der Waals surface area contributed by atoms with Gasteiger partial charge in [0, 0.05) is 8.95 Å². The van der Waals surface area contributed by atoms with Crippen molar-refractivity contribution < 1.29 is 0 Å². The zero-order chi connectivity index (χ0) is 14.2. The third-order valence-electron chi connectivity index (χ3n) is 3.40. The molecule has 0 amide bonds. The second kappa shape index (κ2) is 5.99. The van der Waals surface area contributed by atoms with E-state index < -0.39 is 0 Å². The molecule has 3 heteroatoms. The smallest absolute Gasteiger partial charge is 0.0841 e. The summed E-state index contributed by atoms with van der Waals surface area (Å²) in [4.78, 5) is 0. The second-order valence-corrected chi connectivity index (χ2v) is 6.92. The first-order chi connectivity index (χ1) is 8.91. The summed E-state index contributed by atoms with van der Waals surface area (Å²) in [5, 5.41) is -0.121. The Morgan fingerprint density at radius 1 is 0.895 bits per heavy atom. The van der Waals surface area contributed by atoms with E-state index in [9.17, 15) is 0 Å². The van der Waals surface area contributed by atoms with Crippen molar-refractivity contribution in [2.75, 3.05) is 0 Å². The highest BCUT2D eigenvalue weighted by Crippen LogP contribution is 2.36. The van der Waals surface area contributed by atoms with Crippen molar-refractivity contribution in [3.63, 3.8) is 0 Å². The lowest BCUT2D eigenvalue weighted by molar-refractivity contribution is 1.07. The van der Waals surface area contributed by atoms with Gasteiger partial charge in [-0.25, -0.2) is 0 Å². The van der Waals surface area contributed by atoms with Crippen LogP contribution in [0, 0.1) is 20.8 Å². The molecule has 100 valence electrons. The molecule has 2 rings (SSSR count). The third kappa shape index (κ3) is 3.07. The quantitative estimate of drug-likeness (QED) is 0.505. The van der Waals surface area contributed by atoms with Gasteiger partial charge in [0.05, 0.1) is 5.38 Å². The number of aryl methyl sites for hydroxylation is 2. The van der Waals surface area contributed by atoms with E-state index in [0.717, 1.165) is 14.5 Å². The van der Waals surface area contributed by atoms with Crippen LogP contribution in [0.5, 0.6) is 0 Å². The molecule has 0 aliphatic rings. The van der Waals surface area contributed by atoms with E-state index in [4.69, 9.17) is 11.6 Å². The molecule has 0 nitrogen and oxygen atoms in total. The van der Waals surface area contributed by atoms with Gasteiger partial charge < -0.3 is 0 Å². The summed E-state index contributed by atoms with van der Waals surface area (Å²) in [6, 6.07) is 10.5. The zero-order valence-corrected chi connectivity index (χ0v) is 15.0. The first-order valence-electron chi connectivity index (χ1n) is 6.07. The van der Waals surface area contributed by atoms with E-state index in [1.807, 2.05) is 12.1 Å². The summed E-state index contributed by atoms with van der Waals surface area (Å²) in [7, 11) is 0. The Bertz CT molecular complexity index is 620. The monoisotopic (exact) mass is 400 g/mol. The SMILES string of the molecule is Cc1cc(C(Cl)c2cccc(Br)c2C)c(C)cc1Br. The fraction of sp³-hybridized carbons (Fsp3) is 0.250. The molecule has 0 spiro atoms. The normalized spacial score (nSPS) is 12.5. The van der Waals surface area contributed by atoms with Gasteiger partial charge in [-0.15, -0.1) is 11.6 Å². The van der Waals surface area contributed by atoms with Gasteiger partial charge in [0.15, 0.2) is 0 Å². The predicted molar refractivity (Wildman–Crippen MR) is 90.2 cm³/mol. The van der Waals surface area contributed by atoms with Gasteiger partial charge in [-0.1, -0.05) is 50.1 Å². The number of alkyl halides is 1. The summed E-state index contributed by atoms with van der Waals surface area (Å²) in [6.45, 7) is 6.28. The minimum Gasteiger partial charge on any atom is -0.113 e. The molecular weight excluding hydrogens is 387 g/mol. The van der Waals surface area contributed by atoms with Gasteiger partial charge in [0.1, 0.15) is 0 Å². The van der Waals surface area contributed by atoms with E-state index in [1.54, 1.807) is 0 Å². The van der Waals surface area contributed by atoms with Crippen LogP contribution in [0.1, 0.15) is 33.2 Å². The summed E-state index contributed by atoms with van der Waals surface area (Å²) in [6.07, 6.45) is 0. The Balaban J connectivity index is 2.53. The Kier molecular flexibility index (Phi) is 4.75. The summed E-state index contributed by atoms with van der Waals surface area (Å²) in [5.74, 6) is 0. The highest BCUT2D eigenvalue weighted by Gasteiger charge is 2.17. The van der Waals surface area contributed by atoms with E-state index in [1.165, 1.54) is 22.3 Å². The number of hydrogen-bond acceptors (Lipinski definition) is 0. The highest BCUT2D eigenvalue weighted by atomic mass is 79.9. The zero-order valence-electron chi connectivity index (χ0n) is 11.1. The second-order valence-electron chi connectivity index (χ2n) is 4.77. The summed E-state index contributed by atoms with van der Waals surface area (Å²) in [5.41, 5.74) is 5.93. The van der Waals surface area contributed by atoms with Crippen molar-refractivity contribution in [1.82, 2.24) is 0 Å². The van der Waals surface area contributed by atoms with Crippen LogP contribution in [0.15, 0.2) is 39.3 Å². The molecule has 19 heavy (non-hydrogen) atoms. The predicted octanol–water partition coefficient (Wildman–Crippen LogP) is 6.47. The molecular formula is C16H15Br2Cl. The molecule has 0 N–H and O–H groups in total. The lowest BCUT2D eigenvalue weighted by Gasteiger charge is -2.17. The van der Waals surface area contributed by atoms with E-state index >= 15 is 0 Å². The molecule has 1 atom stereocenters. The standard InChI is InChI=1S/C16H15Br2Cl/c1-9-8-15(18)10(2)7-13(9)16(19)12-5-4-6-14(17)11(12)3/h4-8,16H,1-3H3. The van der Waals surface area contributed by atoms with Crippen LogP contribution in [-0.4, -0.2) is 0 Å². The van der Waals surface area contributed by atoms with Gasteiger partial charge >= 0.3 is 0 Å². The Hall–Kier alpha value is -0.310. The first-order valence-corrected chi connectivity index (χ1v) is 8.09. The molecule has 0 aromatic heterocycles. The maximum atomic E-state index is 6.70. The van der Waals surface area contributed by atoms with Gasteiger partial charge in [0.25, 0.3) is 0 Å². The summed E-state index contributed by atoms with van der Waals surface area (Å²) >= 11 is 13.8. The number of hydrogen-bond donors (Lipinski definition) is 0. The molecule has 0 saturated carbocycles. The van der Waals surface area contributed by atoms with Crippen LogP contribution in [0.3, 0.4) is 0 Å². The molecule has 0 fully saturated rings. The Morgan fingerprint density at radius 2 is 1.58 bits per heavy atom. The molecule has 1 unspecified atom stereocenters. The largest absolute Gasteiger partial charge is 0.113 e. The number of benzene rings is 2. The number of halogens is 3. The lowest BCUT2D eigenvalue weighted by Crippen LogP contribution is -2.00. The minimum absolute atomic E-state index is 0.121. The van der Waals surface area contributed by atoms with E-state index in [2.05, 4.69) is 70.8 Å². The van der Waals surface area contributed by atoms with Gasteiger partial charge in [0.2, 0.25) is 0 Å². The Morgan fingerprint density at radius 3 is 2.26 bits per heavy atom. The van der Waals surface area contributed by atoms with Crippen molar-refractivity contribution in [2.45, 2.75) is 26.1 Å². The molecule has 0 bridgehead atoms. The van der Waals surface area contributed by atoms with Crippen LogP contribution < -0.4 is 0 Å². The topological polar surface area (TPSA) is 0 Å². The minimum atomic E-state index is -0.121. The summed E-state index contributed by atoms with van der Waals surface area (Å²) < 4.78 is 2.23. The molecule has 0 heterocycles. The molecule has 2 aromatic rings. The van der Waals surface area contributed by atoms with Crippen molar-refractivity contribution in [3.8, 4) is 0 Å². The molecule has 0 saturated heterocycles. The fourth-order valence-corrected chi connectivity index (χ4v) is 3.45. The van der Waals surface area contributed by atoms with Crippen LogP contribution in [0.25, 0.3) is 0 Å². The Labute approximate surface area is 136 Å². The van der Waals surface area contributed by atoms with E-state index in [0.29, 0.717) is 0 Å². The van der Waals surface area contributed by atoms with Crippen molar-refractivity contribution >= 4 is 43.5 Å². The lowest BCUT2D eigenvalue weighted by atomic mass is 9.95. The molecule has 2 aromatic carbocycles. The van der Waals surface area contributed by atoms with Crippen LogP contribution in [0.2, 0.25) is 0 Å². The molecule has 0 aliphatic carbocycles. The van der Waals surface area contributed by atoms with Gasteiger partial charge in [-0.2, -0.15) is 0 Å². The van der Waals surface area contributed by atoms with E-state index in [-0.39, 0.29) is 5.38 Å². The number of rotatable bonds is 2. The van der Waals surface area contributed by atoms with Crippen LogP contribution in [0.4, 0.5) is 0 Å². The fourth-order valence-electron chi connectivity index (χ4n) is 2.14. The maximum absolute atomic E-state index is 6.70. The molecule has 0 aliphatic heterocycles. The van der Waals surface area contributed by atoms with Crippen molar-refractivity contribution in [1.29, 1.82) is 0 Å². The van der Waals surface area contributed by atoms with Crippen molar-refractivity contribution in [3.05, 3.63) is 67.1 Å².